The van der Waals surface area contributed by atoms with Crippen molar-refractivity contribution < 1.29 is 23.8 Å². The predicted octanol–water partition coefficient (Wildman–Crippen LogP) is 2.78. The Morgan fingerprint density at radius 2 is 1.79 bits per heavy atom. The summed E-state index contributed by atoms with van der Waals surface area (Å²) in [6, 6.07) is 14.6. The van der Waals surface area contributed by atoms with Gasteiger partial charge in [0.15, 0.2) is 5.60 Å². The summed E-state index contributed by atoms with van der Waals surface area (Å²) in [7, 11) is 1.61. The Morgan fingerprint density at radius 3 is 2.52 bits per heavy atom. The number of hydrogen-bond donors (Lipinski definition) is 1. The van der Waals surface area contributed by atoms with Crippen LogP contribution >= 0.6 is 0 Å². The predicted molar refractivity (Wildman–Crippen MR) is 110 cm³/mol. The lowest BCUT2D eigenvalue weighted by molar-refractivity contribution is -0.132. The molecule has 0 saturated heterocycles. The van der Waals surface area contributed by atoms with Crippen molar-refractivity contribution in [1.82, 2.24) is 5.32 Å². The molecule has 2 amide bonds. The second kappa shape index (κ2) is 8.86. The number of benzene rings is 2. The van der Waals surface area contributed by atoms with E-state index < -0.39 is 5.60 Å². The largest absolute Gasteiger partial charge is 0.497 e. The Bertz CT molecular complexity index is 864. The first-order chi connectivity index (χ1) is 13.9. The van der Waals surface area contributed by atoms with Crippen molar-refractivity contribution in [1.29, 1.82) is 0 Å². The summed E-state index contributed by atoms with van der Waals surface area (Å²) in [5.41, 5.74) is -0.274. The standard InChI is InChI=1S/C22H26N2O5/c1-22(2)21(26)24(18-6-4-5-7-19(18)29-22)14-12-20(25)23-13-15-28-17-10-8-16(27-3)9-11-17/h4-11H,12-15H2,1-3H3,(H,23,25). The summed E-state index contributed by atoms with van der Waals surface area (Å²) in [6.45, 7) is 4.48. The van der Waals surface area contributed by atoms with Crippen molar-refractivity contribution in [2.45, 2.75) is 25.9 Å². The molecular formula is C22H26N2O5. The maximum atomic E-state index is 12.7. The van der Waals surface area contributed by atoms with Crippen molar-refractivity contribution in [2.24, 2.45) is 0 Å². The first-order valence-corrected chi connectivity index (χ1v) is 9.54. The number of methoxy groups -OCH3 is 1. The van der Waals surface area contributed by atoms with Gasteiger partial charge in [-0.15, -0.1) is 0 Å². The minimum atomic E-state index is -0.961. The van der Waals surface area contributed by atoms with Gasteiger partial charge in [-0.1, -0.05) is 12.1 Å². The maximum Gasteiger partial charge on any atom is 0.270 e. The maximum absolute atomic E-state index is 12.7. The molecule has 0 aliphatic carbocycles. The summed E-state index contributed by atoms with van der Waals surface area (Å²) in [6.07, 6.45) is 0.193. The molecule has 29 heavy (non-hydrogen) atoms. The molecule has 3 rings (SSSR count). The number of nitrogens with one attached hydrogen (secondary N) is 1. The molecule has 0 spiro atoms. The Kier molecular flexibility index (Phi) is 6.26. The Labute approximate surface area is 170 Å². The summed E-state index contributed by atoms with van der Waals surface area (Å²) in [4.78, 5) is 26.6. The number of anilines is 1. The van der Waals surface area contributed by atoms with Crippen molar-refractivity contribution in [3.05, 3.63) is 48.5 Å². The van der Waals surface area contributed by atoms with Gasteiger partial charge in [-0.05, 0) is 50.2 Å². The van der Waals surface area contributed by atoms with E-state index >= 15 is 0 Å². The number of ether oxygens (including phenoxy) is 3. The lowest BCUT2D eigenvalue weighted by Crippen LogP contribution is -2.53. The summed E-state index contributed by atoms with van der Waals surface area (Å²) < 4.78 is 16.5. The quantitative estimate of drug-likeness (QED) is 0.692. The molecule has 0 atom stereocenters. The van der Waals surface area contributed by atoms with Crippen LogP contribution in [-0.4, -0.2) is 44.2 Å². The smallest absolute Gasteiger partial charge is 0.270 e. The van der Waals surface area contributed by atoms with Gasteiger partial charge in [0, 0.05) is 13.0 Å². The highest BCUT2D eigenvalue weighted by Crippen LogP contribution is 2.37. The molecule has 1 heterocycles. The van der Waals surface area contributed by atoms with Crippen LogP contribution in [0.4, 0.5) is 5.69 Å². The molecule has 0 saturated carbocycles. The average Bonchev–Trinajstić information content (AvgIpc) is 2.72. The third kappa shape index (κ3) is 4.99. The van der Waals surface area contributed by atoms with Gasteiger partial charge < -0.3 is 24.4 Å². The van der Waals surface area contributed by atoms with Crippen LogP contribution in [0.3, 0.4) is 0 Å². The molecule has 2 aromatic carbocycles. The molecule has 0 fully saturated rings. The van der Waals surface area contributed by atoms with Crippen molar-refractivity contribution in [2.75, 3.05) is 31.7 Å². The number of carbonyl (C=O) groups excluding carboxylic acids is 2. The molecule has 7 heteroatoms. The third-order valence-electron chi connectivity index (χ3n) is 4.60. The third-order valence-corrected chi connectivity index (χ3v) is 4.60. The van der Waals surface area contributed by atoms with Gasteiger partial charge >= 0.3 is 0 Å². The van der Waals surface area contributed by atoms with Gasteiger partial charge in [-0.25, -0.2) is 0 Å². The monoisotopic (exact) mass is 398 g/mol. The highest BCUT2D eigenvalue weighted by molar-refractivity contribution is 6.02. The SMILES string of the molecule is COc1ccc(OCCNC(=O)CCN2C(=O)C(C)(C)Oc3ccccc32)cc1. The van der Waals surface area contributed by atoms with E-state index in [2.05, 4.69) is 5.32 Å². The van der Waals surface area contributed by atoms with E-state index in [4.69, 9.17) is 14.2 Å². The molecule has 1 N–H and O–H groups in total. The van der Waals surface area contributed by atoms with Crippen molar-refractivity contribution in [3.8, 4) is 17.2 Å². The van der Waals surface area contributed by atoms with Crippen LogP contribution in [0.15, 0.2) is 48.5 Å². The van der Waals surface area contributed by atoms with Gasteiger partial charge in [-0.3, -0.25) is 9.59 Å². The minimum Gasteiger partial charge on any atom is -0.497 e. The molecule has 1 aliphatic heterocycles. The van der Waals surface area contributed by atoms with Crippen LogP contribution in [0.25, 0.3) is 0 Å². The fourth-order valence-electron chi connectivity index (χ4n) is 3.07. The van der Waals surface area contributed by atoms with Gasteiger partial charge in [0.1, 0.15) is 23.9 Å². The highest BCUT2D eigenvalue weighted by Gasteiger charge is 2.40. The van der Waals surface area contributed by atoms with E-state index in [9.17, 15) is 9.59 Å². The first kappa shape index (κ1) is 20.5. The van der Waals surface area contributed by atoms with Gasteiger partial charge in [0.2, 0.25) is 5.91 Å². The Hall–Kier alpha value is -3.22. The van der Waals surface area contributed by atoms with Crippen molar-refractivity contribution in [3.63, 3.8) is 0 Å². The Balaban J connectivity index is 1.47. The summed E-state index contributed by atoms with van der Waals surface area (Å²) in [5, 5.41) is 2.82. The molecule has 0 bridgehead atoms. The van der Waals surface area contributed by atoms with Crippen molar-refractivity contribution >= 4 is 17.5 Å². The topological polar surface area (TPSA) is 77.1 Å². The van der Waals surface area contributed by atoms with Crippen LogP contribution in [0.1, 0.15) is 20.3 Å². The van der Waals surface area contributed by atoms with E-state index in [1.54, 1.807) is 25.9 Å². The fraction of sp³-hybridized carbons (Fsp3) is 0.364. The number of carbonyl (C=O) groups is 2. The lowest BCUT2D eigenvalue weighted by Gasteiger charge is -2.38. The fourth-order valence-corrected chi connectivity index (χ4v) is 3.07. The molecule has 0 radical (unpaired) electrons. The average molecular weight is 398 g/mol. The van der Waals surface area contributed by atoms with E-state index in [1.807, 2.05) is 48.5 Å². The van der Waals surface area contributed by atoms with Gasteiger partial charge in [-0.2, -0.15) is 0 Å². The van der Waals surface area contributed by atoms with Crippen LogP contribution in [0, 0.1) is 0 Å². The van der Waals surface area contributed by atoms with Gasteiger partial charge in [0.05, 0.1) is 19.3 Å². The normalized spacial score (nSPS) is 14.6. The summed E-state index contributed by atoms with van der Waals surface area (Å²) >= 11 is 0. The zero-order valence-corrected chi connectivity index (χ0v) is 16.9. The molecule has 0 unspecified atom stereocenters. The minimum absolute atomic E-state index is 0.141. The van der Waals surface area contributed by atoms with E-state index in [0.29, 0.717) is 30.3 Å². The second-order valence-corrected chi connectivity index (χ2v) is 7.16. The summed E-state index contributed by atoms with van der Waals surface area (Å²) in [5.74, 6) is 1.81. The van der Waals surface area contributed by atoms with E-state index in [1.165, 1.54) is 0 Å². The van der Waals surface area contributed by atoms with Crippen LogP contribution in [0.2, 0.25) is 0 Å². The number of fused-ring (bicyclic) bond motifs is 1. The highest BCUT2D eigenvalue weighted by atomic mass is 16.5. The molecule has 0 aromatic heterocycles. The van der Waals surface area contributed by atoms with Crippen LogP contribution in [0.5, 0.6) is 17.2 Å². The number of amides is 2. The molecule has 7 nitrogen and oxygen atoms in total. The van der Waals surface area contributed by atoms with E-state index in [0.717, 1.165) is 5.75 Å². The van der Waals surface area contributed by atoms with Gasteiger partial charge in [0.25, 0.3) is 5.91 Å². The zero-order valence-electron chi connectivity index (χ0n) is 16.9. The molecular weight excluding hydrogens is 372 g/mol. The van der Waals surface area contributed by atoms with Crippen LogP contribution in [-0.2, 0) is 9.59 Å². The van der Waals surface area contributed by atoms with E-state index in [-0.39, 0.29) is 24.8 Å². The number of para-hydroxylation sites is 2. The molecule has 2 aromatic rings. The molecule has 154 valence electrons. The number of hydrogen-bond acceptors (Lipinski definition) is 5. The second-order valence-electron chi connectivity index (χ2n) is 7.16. The number of nitrogens with zero attached hydrogens (tertiary/aromatic N) is 1. The van der Waals surface area contributed by atoms with Crippen LogP contribution < -0.4 is 24.4 Å². The Morgan fingerprint density at radius 1 is 1.10 bits per heavy atom. The zero-order chi connectivity index (χ0) is 20.9. The lowest BCUT2D eigenvalue weighted by atomic mass is 10.0. The molecule has 1 aliphatic rings. The first-order valence-electron chi connectivity index (χ1n) is 9.54. The number of rotatable bonds is 8.